The molecule has 6 rings (SSSR count). The highest BCUT2D eigenvalue weighted by molar-refractivity contribution is 5.91. The molecular formula is C25H34N8. The maximum atomic E-state index is 4.95. The molecule has 4 N–H and O–H groups in total. The van der Waals surface area contributed by atoms with Gasteiger partial charge in [-0.3, -0.25) is 15.0 Å². The van der Waals surface area contributed by atoms with Crippen LogP contribution in [0.2, 0.25) is 0 Å². The quantitative estimate of drug-likeness (QED) is 0.457. The van der Waals surface area contributed by atoms with Crippen molar-refractivity contribution in [1.29, 1.82) is 0 Å². The molecule has 0 radical (unpaired) electrons. The Morgan fingerprint density at radius 2 is 1.88 bits per heavy atom. The fourth-order valence-corrected chi connectivity index (χ4v) is 6.11. The van der Waals surface area contributed by atoms with Gasteiger partial charge in [-0.25, -0.2) is 4.98 Å². The van der Waals surface area contributed by atoms with E-state index in [9.17, 15) is 0 Å². The van der Waals surface area contributed by atoms with Crippen molar-refractivity contribution in [3.8, 4) is 0 Å². The lowest BCUT2D eigenvalue weighted by Crippen LogP contribution is -2.49. The first-order valence-corrected chi connectivity index (χ1v) is 12.5. The SMILES string of the molecule is Cc1cc(Nc2cc3ncccc3c(N[C@@H]3C[C@H]4CC[C@@H](C3)N4CC3CCNCC3)n2)n[nH]1. The maximum Gasteiger partial charge on any atom is 0.153 e. The molecule has 3 aliphatic heterocycles. The van der Waals surface area contributed by atoms with E-state index in [1.54, 1.807) is 0 Å². The van der Waals surface area contributed by atoms with Crippen LogP contribution < -0.4 is 16.0 Å². The number of H-pyrrole nitrogens is 1. The Bertz CT molecular complexity index is 1090. The number of aryl methyl sites for hydroxylation is 1. The molecule has 8 nitrogen and oxygen atoms in total. The first-order valence-electron chi connectivity index (χ1n) is 12.5. The van der Waals surface area contributed by atoms with Crippen molar-refractivity contribution in [2.24, 2.45) is 5.92 Å². The number of rotatable bonds is 6. The molecule has 0 saturated carbocycles. The molecule has 8 heteroatoms. The molecule has 3 aromatic heterocycles. The summed E-state index contributed by atoms with van der Waals surface area (Å²) in [5.41, 5.74) is 1.96. The third-order valence-electron chi connectivity index (χ3n) is 7.71. The predicted molar refractivity (Wildman–Crippen MR) is 132 cm³/mol. The first kappa shape index (κ1) is 20.9. The molecule has 3 atom stereocenters. The van der Waals surface area contributed by atoms with Crippen LogP contribution in [0.15, 0.2) is 30.5 Å². The molecule has 3 fully saturated rings. The van der Waals surface area contributed by atoms with Crippen LogP contribution in [0.3, 0.4) is 0 Å². The minimum Gasteiger partial charge on any atom is -0.367 e. The van der Waals surface area contributed by atoms with Crippen molar-refractivity contribution in [2.75, 3.05) is 30.3 Å². The molecule has 33 heavy (non-hydrogen) atoms. The van der Waals surface area contributed by atoms with Crippen LogP contribution in [-0.4, -0.2) is 62.8 Å². The van der Waals surface area contributed by atoms with Gasteiger partial charge in [0.1, 0.15) is 11.6 Å². The van der Waals surface area contributed by atoms with E-state index in [1.165, 1.54) is 58.2 Å². The highest BCUT2D eigenvalue weighted by Gasteiger charge is 2.41. The topological polar surface area (TPSA) is 93.8 Å². The lowest BCUT2D eigenvalue weighted by Gasteiger charge is -2.41. The maximum absolute atomic E-state index is 4.95. The average molecular weight is 447 g/mol. The molecule has 0 aliphatic carbocycles. The third-order valence-corrected chi connectivity index (χ3v) is 7.71. The van der Waals surface area contributed by atoms with E-state index in [2.05, 4.69) is 42.1 Å². The zero-order valence-corrected chi connectivity index (χ0v) is 19.3. The second-order valence-electron chi connectivity index (χ2n) is 10.1. The molecular weight excluding hydrogens is 412 g/mol. The lowest BCUT2D eigenvalue weighted by atomic mass is 9.92. The lowest BCUT2D eigenvalue weighted by molar-refractivity contribution is 0.102. The normalized spacial score (nSPS) is 26.0. The van der Waals surface area contributed by atoms with Gasteiger partial charge < -0.3 is 16.0 Å². The van der Waals surface area contributed by atoms with Crippen LogP contribution in [0.1, 0.15) is 44.2 Å². The van der Waals surface area contributed by atoms with E-state index in [1.807, 2.05) is 31.3 Å². The number of anilines is 3. The van der Waals surface area contributed by atoms with Gasteiger partial charge in [0.2, 0.25) is 0 Å². The van der Waals surface area contributed by atoms with Gasteiger partial charge in [0, 0.05) is 54.1 Å². The Hall–Kier alpha value is -2.71. The van der Waals surface area contributed by atoms with Gasteiger partial charge in [-0.2, -0.15) is 5.10 Å². The Morgan fingerprint density at radius 3 is 2.64 bits per heavy atom. The molecule has 6 heterocycles. The first-order chi connectivity index (χ1) is 16.2. The fourth-order valence-electron chi connectivity index (χ4n) is 6.11. The molecule has 0 spiro atoms. The van der Waals surface area contributed by atoms with Crippen LogP contribution >= 0.6 is 0 Å². The Labute approximate surface area is 195 Å². The van der Waals surface area contributed by atoms with E-state index in [0.717, 1.165) is 40.0 Å². The second kappa shape index (κ2) is 8.91. The Morgan fingerprint density at radius 1 is 1.06 bits per heavy atom. The molecule has 2 bridgehead atoms. The number of fused-ring (bicyclic) bond motifs is 3. The number of hydrogen-bond acceptors (Lipinski definition) is 7. The summed E-state index contributed by atoms with van der Waals surface area (Å²) in [6.45, 7) is 5.66. The zero-order valence-electron chi connectivity index (χ0n) is 19.3. The van der Waals surface area contributed by atoms with Crippen molar-refractivity contribution < 1.29 is 0 Å². The van der Waals surface area contributed by atoms with E-state index in [0.29, 0.717) is 18.1 Å². The molecule has 3 aliphatic rings. The number of hydrogen-bond donors (Lipinski definition) is 4. The summed E-state index contributed by atoms with van der Waals surface area (Å²) in [7, 11) is 0. The smallest absolute Gasteiger partial charge is 0.153 e. The number of nitrogens with zero attached hydrogens (tertiary/aromatic N) is 4. The Balaban J connectivity index is 1.19. The summed E-state index contributed by atoms with van der Waals surface area (Å²) in [6.07, 6.45) is 9.56. The van der Waals surface area contributed by atoms with Crippen molar-refractivity contribution >= 4 is 28.4 Å². The number of aromatic nitrogens is 4. The van der Waals surface area contributed by atoms with Crippen molar-refractivity contribution in [1.82, 2.24) is 30.4 Å². The van der Waals surface area contributed by atoms with Crippen molar-refractivity contribution in [2.45, 2.75) is 63.6 Å². The van der Waals surface area contributed by atoms with Gasteiger partial charge >= 0.3 is 0 Å². The minimum absolute atomic E-state index is 0.450. The summed E-state index contributed by atoms with van der Waals surface area (Å²) < 4.78 is 0. The standard InChI is InChI=1S/C25H34N8/c1-16-11-24(32-31-16)29-23-14-22-21(3-2-8-27-22)25(30-23)28-18-12-19-4-5-20(13-18)33(19)15-17-6-9-26-10-7-17/h2-3,8,11,14,17-20,26H,4-7,9-10,12-13,15H2,1H3,(H3,28,29,30,31,32)/t18-,19-,20+. The predicted octanol–water partition coefficient (Wildman–Crippen LogP) is 3.81. The van der Waals surface area contributed by atoms with Gasteiger partial charge in [-0.05, 0) is 76.6 Å². The number of pyridine rings is 2. The second-order valence-corrected chi connectivity index (χ2v) is 10.1. The van der Waals surface area contributed by atoms with Gasteiger partial charge in [-0.1, -0.05) is 0 Å². The highest BCUT2D eigenvalue weighted by Crippen LogP contribution is 2.38. The van der Waals surface area contributed by atoms with Gasteiger partial charge in [0.15, 0.2) is 5.82 Å². The molecule has 0 amide bonds. The summed E-state index contributed by atoms with van der Waals surface area (Å²) in [4.78, 5) is 12.4. The molecule has 3 saturated heterocycles. The number of aromatic amines is 1. The summed E-state index contributed by atoms with van der Waals surface area (Å²) in [5, 5.41) is 19.0. The van der Waals surface area contributed by atoms with Crippen LogP contribution in [0.5, 0.6) is 0 Å². The average Bonchev–Trinajstić information content (AvgIpc) is 3.33. The zero-order chi connectivity index (χ0) is 22.2. The molecule has 174 valence electrons. The summed E-state index contributed by atoms with van der Waals surface area (Å²) >= 11 is 0. The van der Waals surface area contributed by atoms with Crippen molar-refractivity contribution in [3.05, 3.63) is 36.2 Å². The Kier molecular flexibility index (Phi) is 5.63. The van der Waals surface area contributed by atoms with Crippen molar-refractivity contribution in [3.63, 3.8) is 0 Å². The summed E-state index contributed by atoms with van der Waals surface area (Å²) in [5.74, 6) is 3.32. The van der Waals surface area contributed by atoms with E-state index in [-0.39, 0.29) is 0 Å². The van der Waals surface area contributed by atoms with E-state index >= 15 is 0 Å². The van der Waals surface area contributed by atoms with Crippen LogP contribution in [0.4, 0.5) is 17.5 Å². The van der Waals surface area contributed by atoms with Crippen LogP contribution in [0, 0.1) is 12.8 Å². The third kappa shape index (κ3) is 4.42. The number of piperidine rings is 2. The molecule has 0 unspecified atom stereocenters. The summed E-state index contributed by atoms with van der Waals surface area (Å²) in [6, 6.07) is 9.93. The number of nitrogens with one attached hydrogen (secondary N) is 4. The molecule has 0 aromatic carbocycles. The fraction of sp³-hybridized carbons (Fsp3) is 0.560. The molecule has 3 aromatic rings. The largest absolute Gasteiger partial charge is 0.367 e. The highest BCUT2D eigenvalue weighted by atomic mass is 15.2. The van der Waals surface area contributed by atoms with Gasteiger partial charge in [-0.15, -0.1) is 0 Å². The van der Waals surface area contributed by atoms with E-state index in [4.69, 9.17) is 4.98 Å². The monoisotopic (exact) mass is 446 g/mol. The van der Waals surface area contributed by atoms with Crippen LogP contribution in [-0.2, 0) is 0 Å². The van der Waals surface area contributed by atoms with Gasteiger partial charge in [0.25, 0.3) is 0 Å². The van der Waals surface area contributed by atoms with Gasteiger partial charge in [0.05, 0.1) is 5.52 Å². The van der Waals surface area contributed by atoms with E-state index < -0.39 is 0 Å². The minimum atomic E-state index is 0.450. The van der Waals surface area contributed by atoms with Crippen LogP contribution in [0.25, 0.3) is 10.9 Å².